The molecule has 1 N–H and O–H groups in total. The van der Waals surface area contributed by atoms with Crippen molar-refractivity contribution in [3.05, 3.63) is 35.4 Å². The maximum atomic E-state index is 10.7. The molecule has 3 heteroatoms. The SMILES string of the molecule is CCC(=C(C)CC(=O)O)c1ccc(OC)cc1. The fraction of sp³-hybridized carbons (Fsp3) is 0.357. The third-order valence-electron chi connectivity index (χ3n) is 2.72. The molecule has 17 heavy (non-hydrogen) atoms. The third-order valence-corrected chi connectivity index (χ3v) is 2.72. The van der Waals surface area contributed by atoms with Crippen LogP contribution in [0.1, 0.15) is 32.3 Å². The van der Waals surface area contributed by atoms with E-state index in [1.807, 2.05) is 38.1 Å². The summed E-state index contributed by atoms with van der Waals surface area (Å²) in [6.45, 7) is 3.90. The van der Waals surface area contributed by atoms with Crippen LogP contribution in [-0.2, 0) is 4.79 Å². The van der Waals surface area contributed by atoms with E-state index in [0.29, 0.717) is 0 Å². The molecule has 92 valence electrons. The molecule has 0 unspecified atom stereocenters. The van der Waals surface area contributed by atoms with Crippen LogP contribution < -0.4 is 4.74 Å². The van der Waals surface area contributed by atoms with E-state index in [1.165, 1.54) is 0 Å². The quantitative estimate of drug-likeness (QED) is 0.849. The summed E-state index contributed by atoms with van der Waals surface area (Å²) in [5.74, 6) is 0.0158. The zero-order valence-electron chi connectivity index (χ0n) is 10.5. The molecule has 0 aliphatic carbocycles. The lowest BCUT2D eigenvalue weighted by Gasteiger charge is -2.10. The van der Waals surface area contributed by atoms with Crippen molar-refractivity contribution in [2.75, 3.05) is 7.11 Å². The van der Waals surface area contributed by atoms with Gasteiger partial charge in [-0.25, -0.2) is 0 Å². The van der Waals surface area contributed by atoms with Crippen LogP contribution in [0.25, 0.3) is 5.57 Å². The molecular formula is C14H18O3. The molecule has 0 aliphatic heterocycles. The fourth-order valence-corrected chi connectivity index (χ4v) is 1.88. The number of carbonyl (C=O) groups is 1. The molecule has 1 rings (SSSR count). The molecule has 0 fully saturated rings. The molecule has 0 saturated heterocycles. The van der Waals surface area contributed by atoms with Crippen LogP contribution in [-0.4, -0.2) is 18.2 Å². The van der Waals surface area contributed by atoms with Gasteiger partial charge in [-0.05, 0) is 36.6 Å². The Labute approximate surface area is 102 Å². The van der Waals surface area contributed by atoms with Crippen LogP contribution >= 0.6 is 0 Å². The van der Waals surface area contributed by atoms with Crippen LogP contribution in [0.15, 0.2) is 29.8 Å². The minimum atomic E-state index is -0.790. The van der Waals surface area contributed by atoms with Crippen molar-refractivity contribution in [3.8, 4) is 5.75 Å². The lowest BCUT2D eigenvalue weighted by atomic mass is 9.96. The van der Waals surface area contributed by atoms with Crippen molar-refractivity contribution < 1.29 is 14.6 Å². The van der Waals surface area contributed by atoms with Crippen LogP contribution in [0.2, 0.25) is 0 Å². The second-order valence-electron chi connectivity index (χ2n) is 3.91. The van der Waals surface area contributed by atoms with E-state index < -0.39 is 5.97 Å². The molecule has 0 atom stereocenters. The minimum absolute atomic E-state index is 0.0925. The standard InChI is InChI=1S/C14H18O3/c1-4-13(10(2)9-14(15)16)11-5-7-12(17-3)8-6-11/h5-8H,4,9H2,1-3H3,(H,15,16). The van der Waals surface area contributed by atoms with E-state index in [-0.39, 0.29) is 6.42 Å². The van der Waals surface area contributed by atoms with E-state index in [1.54, 1.807) is 7.11 Å². The summed E-state index contributed by atoms with van der Waals surface area (Å²) in [5, 5.41) is 8.80. The van der Waals surface area contributed by atoms with Crippen LogP contribution in [0, 0.1) is 0 Å². The number of methoxy groups -OCH3 is 1. The van der Waals surface area contributed by atoms with Gasteiger partial charge in [0, 0.05) is 0 Å². The molecule has 3 nitrogen and oxygen atoms in total. The maximum absolute atomic E-state index is 10.7. The molecule has 1 aromatic rings. The van der Waals surface area contributed by atoms with Gasteiger partial charge < -0.3 is 9.84 Å². The molecule has 0 bridgehead atoms. The molecule has 0 heterocycles. The van der Waals surface area contributed by atoms with Crippen molar-refractivity contribution in [1.82, 2.24) is 0 Å². The Kier molecular flexibility index (Phi) is 4.76. The first-order chi connectivity index (χ1) is 8.08. The first-order valence-corrected chi connectivity index (χ1v) is 5.63. The average Bonchev–Trinajstić information content (AvgIpc) is 2.30. The van der Waals surface area contributed by atoms with Gasteiger partial charge in [0.1, 0.15) is 5.75 Å². The van der Waals surface area contributed by atoms with Crippen molar-refractivity contribution in [3.63, 3.8) is 0 Å². The maximum Gasteiger partial charge on any atom is 0.307 e. The van der Waals surface area contributed by atoms with Crippen molar-refractivity contribution in [1.29, 1.82) is 0 Å². The predicted octanol–water partition coefficient (Wildman–Crippen LogP) is 3.35. The number of hydrogen-bond donors (Lipinski definition) is 1. The van der Waals surface area contributed by atoms with Gasteiger partial charge in [-0.15, -0.1) is 0 Å². The number of aliphatic carboxylic acids is 1. The number of hydrogen-bond acceptors (Lipinski definition) is 2. The van der Waals surface area contributed by atoms with Crippen molar-refractivity contribution in [2.45, 2.75) is 26.7 Å². The summed E-state index contributed by atoms with van der Waals surface area (Å²) in [6, 6.07) is 7.70. The lowest BCUT2D eigenvalue weighted by molar-refractivity contribution is -0.136. The van der Waals surface area contributed by atoms with Gasteiger partial charge in [-0.2, -0.15) is 0 Å². The molecule has 1 aromatic carbocycles. The van der Waals surface area contributed by atoms with Gasteiger partial charge in [-0.1, -0.05) is 24.6 Å². The summed E-state index contributed by atoms with van der Waals surface area (Å²) >= 11 is 0. The Hall–Kier alpha value is -1.77. The highest BCUT2D eigenvalue weighted by molar-refractivity contribution is 5.77. The largest absolute Gasteiger partial charge is 0.497 e. The number of carboxylic acid groups (broad SMARTS) is 1. The van der Waals surface area contributed by atoms with Gasteiger partial charge in [0.05, 0.1) is 13.5 Å². The third kappa shape index (κ3) is 3.63. The van der Waals surface area contributed by atoms with E-state index in [4.69, 9.17) is 9.84 Å². The van der Waals surface area contributed by atoms with Crippen molar-refractivity contribution >= 4 is 11.5 Å². The van der Waals surface area contributed by atoms with E-state index >= 15 is 0 Å². The Balaban J connectivity index is 3.03. The number of carboxylic acids is 1. The van der Waals surface area contributed by atoms with Gasteiger partial charge in [0.2, 0.25) is 0 Å². The average molecular weight is 234 g/mol. The molecule has 0 saturated carbocycles. The van der Waals surface area contributed by atoms with Crippen molar-refractivity contribution in [2.24, 2.45) is 0 Å². The number of ether oxygens (including phenoxy) is 1. The molecule has 0 aromatic heterocycles. The Morgan fingerprint density at radius 3 is 2.29 bits per heavy atom. The topological polar surface area (TPSA) is 46.5 Å². The van der Waals surface area contributed by atoms with E-state index in [9.17, 15) is 4.79 Å². The van der Waals surface area contributed by atoms with Gasteiger partial charge in [-0.3, -0.25) is 4.79 Å². The lowest BCUT2D eigenvalue weighted by Crippen LogP contribution is -1.98. The number of benzene rings is 1. The summed E-state index contributed by atoms with van der Waals surface area (Å²) in [7, 11) is 1.63. The Bertz CT molecular complexity index is 416. The first-order valence-electron chi connectivity index (χ1n) is 5.63. The number of rotatable bonds is 5. The van der Waals surface area contributed by atoms with Gasteiger partial charge >= 0.3 is 5.97 Å². The first kappa shape index (κ1) is 13.3. The highest BCUT2D eigenvalue weighted by atomic mass is 16.5. The summed E-state index contributed by atoms with van der Waals surface area (Å²) in [6.07, 6.45) is 0.917. The highest BCUT2D eigenvalue weighted by Gasteiger charge is 2.07. The van der Waals surface area contributed by atoms with E-state index in [2.05, 4.69) is 0 Å². The monoisotopic (exact) mass is 234 g/mol. The summed E-state index contributed by atoms with van der Waals surface area (Å²) in [5.41, 5.74) is 3.06. The van der Waals surface area contributed by atoms with Crippen LogP contribution in [0.4, 0.5) is 0 Å². The molecular weight excluding hydrogens is 216 g/mol. The molecule has 0 spiro atoms. The summed E-state index contributed by atoms with van der Waals surface area (Å²) < 4.78 is 5.10. The molecule has 0 amide bonds. The Morgan fingerprint density at radius 1 is 1.29 bits per heavy atom. The van der Waals surface area contributed by atoms with E-state index in [0.717, 1.165) is 28.9 Å². The normalized spacial score (nSPS) is 11.9. The Morgan fingerprint density at radius 2 is 1.88 bits per heavy atom. The number of allylic oxidation sites excluding steroid dienone is 1. The van der Waals surface area contributed by atoms with Gasteiger partial charge in [0.25, 0.3) is 0 Å². The molecule has 0 aliphatic rings. The highest BCUT2D eigenvalue weighted by Crippen LogP contribution is 2.25. The second kappa shape index (κ2) is 6.09. The summed E-state index contributed by atoms with van der Waals surface area (Å²) in [4.78, 5) is 10.7. The van der Waals surface area contributed by atoms with Gasteiger partial charge in [0.15, 0.2) is 0 Å². The smallest absolute Gasteiger partial charge is 0.307 e. The fourth-order valence-electron chi connectivity index (χ4n) is 1.88. The van der Waals surface area contributed by atoms with Crippen LogP contribution in [0.3, 0.4) is 0 Å². The minimum Gasteiger partial charge on any atom is -0.497 e. The van der Waals surface area contributed by atoms with Crippen LogP contribution in [0.5, 0.6) is 5.75 Å². The zero-order chi connectivity index (χ0) is 12.8. The zero-order valence-corrected chi connectivity index (χ0v) is 10.5. The molecule has 0 radical (unpaired) electrons. The predicted molar refractivity (Wildman–Crippen MR) is 68.1 cm³/mol. The second-order valence-corrected chi connectivity index (χ2v) is 3.91.